The Balaban J connectivity index is 1.81. The van der Waals surface area contributed by atoms with E-state index in [1.807, 2.05) is 45.9 Å². The number of hydrogen-bond donors (Lipinski definition) is 2. The van der Waals surface area contributed by atoms with E-state index in [1.165, 1.54) is 10.8 Å². The highest BCUT2D eigenvalue weighted by atomic mass is 19.4. The fourth-order valence-corrected chi connectivity index (χ4v) is 5.51. The number of carbonyl (C=O) groups is 2. The molecule has 2 unspecified atom stereocenters. The SMILES string of the molecule is Cc1cccc(C)c1-c1cc(C(CC(=O)O)NC(=O)C(CC(C)C)n2cc(CCN(C)C)c(C(F)(F)F)cc2=O)nc2ncnn12. The molecule has 1 aromatic carbocycles. The van der Waals surface area contributed by atoms with Crippen LogP contribution in [0.5, 0.6) is 0 Å². The first-order valence-electron chi connectivity index (χ1n) is 14.8. The highest BCUT2D eigenvalue weighted by molar-refractivity contribution is 5.82. The molecule has 2 N–H and O–H groups in total. The van der Waals surface area contributed by atoms with Crippen molar-refractivity contribution in [1.82, 2.24) is 34.4 Å². The molecule has 0 saturated heterocycles. The average molecular weight is 642 g/mol. The van der Waals surface area contributed by atoms with Gasteiger partial charge in [0.05, 0.1) is 29.4 Å². The Bertz CT molecular complexity index is 1780. The van der Waals surface area contributed by atoms with Crippen LogP contribution in [0.15, 0.2) is 47.7 Å². The van der Waals surface area contributed by atoms with Crippen LogP contribution >= 0.6 is 0 Å². The number of pyridine rings is 1. The molecule has 1 amide bonds. The van der Waals surface area contributed by atoms with Crippen LogP contribution in [0.2, 0.25) is 0 Å². The second-order valence-electron chi connectivity index (χ2n) is 12.1. The van der Waals surface area contributed by atoms with Gasteiger partial charge in [0.25, 0.3) is 11.3 Å². The van der Waals surface area contributed by atoms with Crippen LogP contribution in [-0.4, -0.2) is 66.7 Å². The molecule has 2 atom stereocenters. The summed E-state index contributed by atoms with van der Waals surface area (Å²) in [6, 6.07) is 5.54. The van der Waals surface area contributed by atoms with Gasteiger partial charge in [0.2, 0.25) is 5.91 Å². The van der Waals surface area contributed by atoms with Crippen molar-refractivity contribution in [1.29, 1.82) is 0 Å². The zero-order valence-electron chi connectivity index (χ0n) is 26.6. The largest absolute Gasteiger partial charge is 0.481 e. The minimum atomic E-state index is -4.76. The van der Waals surface area contributed by atoms with E-state index in [0.29, 0.717) is 11.8 Å². The predicted molar refractivity (Wildman–Crippen MR) is 165 cm³/mol. The van der Waals surface area contributed by atoms with Gasteiger partial charge >= 0.3 is 12.1 Å². The third-order valence-electron chi connectivity index (χ3n) is 7.69. The number of aliphatic carboxylic acids is 1. The van der Waals surface area contributed by atoms with E-state index < -0.39 is 47.7 Å². The van der Waals surface area contributed by atoms with Gasteiger partial charge in [-0.25, -0.2) is 4.98 Å². The van der Waals surface area contributed by atoms with Gasteiger partial charge < -0.3 is 19.9 Å². The number of hydrogen-bond acceptors (Lipinski definition) is 7. The van der Waals surface area contributed by atoms with Gasteiger partial charge in [0.15, 0.2) is 0 Å². The van der Waals surface area contributed by atoms with Crippen molar-refractivity contribution in [2.45, 2.75) is 65.2 Å². The molecule has 0 aliphatic heterocycles. The molecule has 4 rings (SSSR count). The van der Waals surface area contributed by atoms with E-state index in [0.717, 1.165) is 27.5 Å². The van der Waals surface area contributed by atoms with Crippen LogP contribution < -0.4 is 10.9 Å². The van der Waals surface area contributed by atoms with Gasteiger partial charge in [-0.15, -0.1) is 0 Å². The van der Waals surface area contributed by atoms with Gasteiger partial charge in [-0.1, -0.05) is 32.0 Å². The summed E-state index contributed by atoms with van der Waals surface area (Å²) in [5.41, 5.74) is 1.31. The number of alkyl halides is 3. The average Bonchev–Trinajstić information content (AvgIpc) is 3.43. The summed E-state index contributed by atoms with van der Waals surface area (Å²) >= 11 is 0. The van der Waals surface area contributed by atoms with Gasteiger partial charge in [0, 0.05) is 24.4 Å². The van der Waals surface area contributed by atoms with E-state index in [9.17, 15) is 32.7 Å². The minimum Gasteiger partial charge on any atom is -0.481 e. The highest BCUT2D eigenvalue weighted by Crippen LogP contribution is 2.33. The minimum absolute atomic E-state index is 0.0108. The molecule has 11 nitrogen and oxygen atoms in total. The Labute approximate surface area is 264 Å². The van der Waals surface area contributed by atoms with E-state index in [4.69, 9.17) is 0 Å². The van der Waals surface area contributed by atoms with Crippen LogP contribution in [-0.2, 0) is 22.2 Å². The first-order chi connectivity index (χ1) is 21.6. The number of nitrogens with one attached hydrogen (secondary N) is 1. The number of benzene rings is 1. The normalized spacial score (nSPS) is 13.4. The Kier molecular flexibility index (Phi) is 10.3. The smallest absolute Gasteiger partial charge is 0.416 e. The molecule has 0 bridgehead atoms. The molecule has 0 radical (unpaired) electrons. The number of aromatic nitrogens is 5. The first kappa shape index (κ1) is 34.3. The van der Waals surface area contributed by atoms with E-state index in [1.54, 1.807) is 25.1 Å². The van der Waals surface area contributed by atoms with Crippen molar-refractivity contribution in [3.05, 3.63) is 81.2 Å². The molecule has 14 heteroatoms. The monoisotopic (exact) mass is 641 g/mol. The first-order valence-corrected chi connectivity index (χ1v) is 14.8. The van der Waals surface area contributed by atoms with Crippen molar-refractivity contribution in [3.63, 3.8) is 0 Å². The van der Waals surface area contributed by atoms with Gasteiger partial charge in [-0.2, -0.15) is 27.8 Å². The Hall–Kier alpha value is -4.59. The molecule has 3 heterocycles. The van der Waals surface area contributed by atoms with Gasteiger partial charge in [-0.3, -0.25) is 14.4 Å². The number of aryl methyl sites for hydroxylation is 2. The topological polar surface area (TPSA) is 135 Å². The van der Waals surface area contributed by atoms with Gasteiger partial charge in [-0.05, 0) is 69.5 Å². The number of rotatable bonds is 12. The van der Waals surface area contributed by atoms with E-state index in [-0.39, 0.29) is 42.3 Å². The van der Waals surface area contributed by atoms with Crippen molar-refractivity contribution < 1.29 is 27.9 Å². The predicted octanol–water partition coefficient (Wildman–Crippen LogP) is 4.61. The van der Waals surface area contributed by atoms with Crippen LogP contribution in [0.4, 0.5) is 13.2 Å². The van der Waals surface area contributed by atoms with Crippen LogP contribution in [0.3, 0.4) is 0 Å². The molecule has 0 fully saturated rings. The van der Waals surface area contributed by atoms with Crippen molar-refractivity contribution in [3.8, 4) is 11.3 Å². The maximum Gasteiger partial charge on any atom is 0.416 e. The highest BCUT2D eigenvalue weighted by Gasteiger charge is 2.36. The number of likely N-dealkylation sites (N-methyl/N-ethyl adjacent to an activating group) is 1. The fourth-order valence-electron chi connectivity index (χ4n) is 5.51. The molecular weight excluding hydrogens is 603 g/mol. The second kappa shape index (κ2) is 13.8. The molecular formula is C32H38F3N7O4. The van der Waals surface area contributed by atoms with Crippen molar-refractivity contribution in [2.24, 2.45) is 5.92 Å². The number of amides is 1. The Morgan fingerprint density at radius 1 is 1.11 bits per heavy atom. The second-order valence-corrected chi connectivity index (χ2v) is 12.1. The lowest BCUT2D eigenvalue weighted by Crippen LogP contribution is -2.41. The molecule has 0 saturated carbocycles. The van der Waals surface area contributed by atoms with Crippen molar-refractivity contribution >= 4 is 17.7 Å². The molecule has 0 aliphatic carbocycles. The maximum atomic E-state index is 14.0. The lowest BCUT2D eigenvalue weighted by Gasteiger charge is -2.26. The summed E-state index contributed by atoms with van der Waals surface area (Å²) in [6.45, 7) is 7.76. The van der Waals surface area contributed by atoms with E-state index in [2.05, 4.69) is 20.4 Å². The van der Waals surface area contributed by atoms with Gasteiger partial charge in [0.1, 0.15) is 12.4 Å². The molecule has 0 aliphatic rings. The third kappa shape index (κ3) is 7.79. The summed E-state index contributed by atoms with van der Waals surface area (Å²) in [5.74, 6) is -1.91. The van der Waals surface area contributed by atoms with Crippen LogP contribution in [0.1, 0.15) is 66.7 Å². The maximum absolute atomic E-state index is 14.0. The molecule has 246 valence electrons. The number of carboxylic acids is 1. The molecule has 3 aromatic heterocycles. The zero-order chi connectivity index (χ0) is 33.9. The number of carbonyl (C=O) groups excluding carboxylic acids is 1. The van der Waals surface area contributed by atoms with Crippen LogP contribution in [0, 0.1) is 19.8 Å². The lowest BCUT2D eigenvalue weighted by molar-refractivity contribution is -0.139. The van der Waals surface area contributed by atoms with Crippen molar-refractivity contribution in [2.75, 3.05) is 20.6 Å². The number of halogens is 3. The quantitative estimate of drug-likeness (QED) is 0.229. The van der Waals surface area contributed by atoms with E-state index >= 15 is 0 Å². The summed E-state index contributed by atoms with van der Waals surface area (Å²) in [7, 11) is 3.44. The molecule has 4 aromatic rings. The molecule has 46 heavy (non-hydrogen) atoms. The number of nitrogens with zero attached hydrogens (tertiary/aromatic N) is 6. The van der Waals surface area contributed by atoms with Crippen LogP contribution in [0.25, 0.3) is 17.0 Å². The Morgan fingerprint density at radius 2 is 1.78 bits per heavy atom. The molecule has 0 spiro atoms. The number of fused-ring (bicyclic) bond motifs is 1. The third-order valence-corrected chi connectivity index (χ3v) is 7.69. The summed E-state index contributed by atoms with van der Waals surface area (Å²) < 4.78 is 44.3. The lowest BCUT2D eigenvalue weighted by atomic mass is 9.97. The Morgan fingerprint density at radius 3 is 2.37 bits per heavy atom. The summed E-state index contributed by atoms with van der Waals surface area (Å²) in [5, 5.41) is 16.9. The summed E-state index contributed by atoms with van der Waals surface area (Å²) in [6.07, 6.45) is -2.80. The standard InChI is InChI=1S/C32H38F3N7O4/c1-18(2)12-26(41-16-21(10-11-40(5)6)22(13-27(41)43)32(33,34)35)30(46)38-24(15-28(44)45)23-14-25(42-31(39-23)36-17-37-42)29-19(3)8-7-9-20(29)4/h7-9,13-14,16-18,24,26H,10-12,15H2,1-6H3,(H,38,46)(H,44,45). The number of carboxylic acid groups (broad SMARTS) is 1. The summed E-state index contributed by atoms with van der Waals surface area (Å²) in [4.78, 5) is 49.6. The zero-order valence-corrected chi connectivity index (χ0v) is 26.6. The fraction of sp³-hybridized carbons (Fsp3) is 0.438.